The first-order valence-electron chi connectivity index (χ1n) is 2.80. The molecule has 0 spiro atoms. The quantitative estimate of drug-likeness (QED) is 0.363. The molecule has 2 atom stereocenters. The molecule has 0 amide bonds. The predicted molar refractivity (Wildman–Crippen MR) is 30.8 cm³/mol. The molecule has 0 fully saturated rings. The van der Waals surface area contributed by atoms with Crippen LogP contribution in [0.4, 0.5) is 0 Å². The van der Waals surface area contributed by atoms with Gasteiger partial charge in [-0.1, -0.05) is 0 Å². The molecule has 0 aromatic carbocycles. The third-order valence-electron chi connectivity index (χ3n) is 1.06. The Morgan fingerprint density at radius 3 is 1.89 bits per heavy atom. The maximum absolute atomic E-state index is 8.75. The van der Waals surface area contributed by atoms with E-state index in [1.54, 1.807) is 0 Å². The van der Waals surface area contributed by atoms with Crippen molar-refractivity contribution in [3.63, 3.8) is 0 Å². The number of aliphatic hydroxyl groups is 4. The second kappa shape index (κ2) is 4.69. The highest BCUT2D eigenvalue weighted by Crippen LogP contribution is 1.95. The summed E-state index contributed by atoms with van der Waals surface area (Å²) in [6, 6.07) is 0. The van der Waals surface area contributed by atoms with Gasteiger partial charge in [0.2, 0.25) is 0 Å². The first-order chi connectivity index (χ1) is 4.22. The van der Waals surface area contributed by atoms with Crippen LogP contribution in [0.3, 0.4) is 0 Å². The van der Waals surface area contributed by atoms with Gasteiger partial charge in [-0.05, 0) is 6.42 Å². The normalized spacial score (nSPS) is 17.3. The van der Waals surface area contributed by atoms with Gasteiger partial charge < -0.3 is 20.4 Å². The van der Waals surface area contributed by atoms with Gasteiger partial charge in [0.1, 0.15) is 6.10 Å². The van der Waals surface area contributed by atoms with Gasteiger partial charge in [0.15, 0.2) is 0 Å². The van der Waals surface area contributed by atoms with Gasteiger partial charge in [-0.2, -0.15) is 0 Å². The lowest BCUT2D eigenvalue weighted by Crippen LogP contribution is -2.29. The summed E-state index contributed by atoms with van der Waals surface area (Å²) in [7, 11) is 0. The summed E-state index contributed by atoms with van der Waals surface area (Å²) in [5.41, 5.74) is 0. The van der Waals surface area contributed by atoms with Crippen molar-refractivity contribution < 1.29 is 20.4 Å². The van der Waals surface area contributed by atoms with E-state index >= 15 is 0 Å². The number of rotatable bonds is 4. The summed E-state index contributed by atoms with van der Waals surface area (Å²) in [4.78, 5) is 0. The van der Waals surface area contributed by atoms with Gasteiger partial charge in [0.25, 0.3) is 0 Å². The van der Waals surface area contributed by atoms with E-state index in [4.69, 9.17) is 20.4 Å². The molecule has 0 aliphatic heterocycles. The molecule has 4 N–H and O–H groups in total. The lowest BCUT2D eigenvalue weighted by Gasteiger charge is -2.12. The third-order valence-corrected chi connectivity index (χ3v) is 1.06. The van der Waals surface area contributed by atoms with Gasteiger partial charge in [-0.25, -0.2) is 0 Å². The second-order valence-corrected chi connectivity index (χ2v) is 1.83. The second-order valence-electron chi connectivity index (χ2n) is 1.83. The lowest BCUT2D eigenvalue weighted by atomic mass is 10.1. The Kier molecular flexibility index (Phi) is 4.61. The first-order valence-corrected chi connectivity index (χ1v) is 2.80. The third kappa shape index (κ3) is 3.42. The van der Waals surface area contributed by atoms with Crippen LogP contribution in [-0.2, 0) is 0 Å². The van der Waals surface area contributed by atoms with Crippen LogP contribution in [0.1, 0.15) is 6.42 Å². The summed E-state index contributed by atoms with van der Waals surface area (Å²) in [6.07, 6.45) is -2.04. The highest BCUT2D eigenvalue weighted by atomic mass is 16.4. The van der Waals surface area contributed by atoms with E-state index in [2.05, 4.69) is 0 Å². The van der Waals surface area contributed by atoms with Gasteiger partial charge >= 0.3 is 0 Å². The van der Waals surface area contributed by atoms with E-state index in [-0.39, 0.29) is 13.0 Å². The van der Waals surface area contributed by atoms with Crippen LogP contribution in [0.2, 0.25) is 0 Å². The van der Waals surface area contributed by atoms with Crippen molar-refractivity contribution in [1.82, 2.24) is 0 Å². The van der Waals surface area contributed by atoms with Crippen LogP contribution in [-0.4, -0.2) is 45.8 Å². The Morgan fingerprint density at radius 2 is 1.56 bits per heavy atom. The number of hydrogen-bond donors (Lipinski definition) is 4. The monoisotopic (exact) mass is 136 g/mol. The first kappa shape index (κ1) is 8.84. The molecule has 0 aromatic rings. The Balaban J connectivity index is 3.32. The molecule has 0 aromatic heterocycles. The molecule has 0 heterocycles. The fourth-order valence-corrected chi connectivity index (χ4v) is 0.446. The van der Waals surface area contributed by atoms with Gasteiger partial charge in [-0.3, -0.25) is 0 Å². The van der Waals surface area contributed by atoms with Crippen molar-refractivity contribution in [1.29, 1.82) is 0 Å². The molecule has 4 heteroatoms. The smallest absolute Gasteiger partial charge is 0.103 e. The standard InChI is InChI=1S/C5H12O4/c6-2-1-4(8)5(9)3-7/h4-9H,1-3H2. The molecular formula is C5H12O4. The molecular weight excluding hydrogens is 124 g/mol. The molecule has 0 saturated carbocycles. The SMILES string of the molecule is OCCC(O)C(O)CO. The maximum atomic E-state index is 8.75. The Labute approximate surface area is 53.4 Å². The van der Waals surface area contributed by atoms with E-state index in [1.807, 2.05) is 0 Å². The van der Waals surface area contributed by atoms with E-state index in [9.17, 15) is 0 Å². The molecule has 0 rings (SSSR count). The molecule has 2 unspecified atom stereocenters. The molecule has 0 aliphatic rings. The summed E-state index contributed by atoms with van der Waals surface area (Å²) in [6.45, 7) is -0.653. The Morgan fingerprint density at radius 1 is 1.00 bits per heavy atom. The predicted octanol–water partition coefficient (Wildman–Crippen LogP) is -1.92. The fourth-order valence-electron chi connectivity index (χ4n) is 0.446. The van der Waals surface area contributed by atoms with Gasteiger partial charge in [0.05, 0.1) is 12.7 Å². The molecule has 0 radical (unpaired) electrons. The zero-order valence-corrected chi connectivity index (χ0v) is 5.06. The number of hydrogen-bond acceptors (Lipinski definition) is 4. The topological polar surface area (TPSA) is 80.9 Å². The van der Waals surface area contributed by atoms with Crippen molar-refractivity contribution in [2.24, 2.45) is 0 Å². The van der Waals surface area contributed by atoms with Crippen LogP contribution in [0.15, 0.2) is 0 Å². The van der Waals surface area contributed by atoms with E-state index in [1.165, 1.54) is 0 Å². The van der Waals surface area contributed by atoms with E-state index < -0.39 is 18.8 Å². The van der Waals surface area contributed by atoms with Crippen molar-refractivity contribution in [3.05, 3.63) is 0 Å². The molecule has 4 nitrogen and oxygen atoms in total. The van der Waals surface area contributed by atoms with Crippen LogP contribution in [0, 0.1) is 0 Å². The van der Waals surface area contributed by atoms with Crippen LogP contribution >= 0.6 is 0 Å². The molecule has 0 aliphatic carbocycles. The Bertz CT molecular complexity index is 66.0. The zero-order chi connectivity index (χ0) is 7.28. The molecule has 0 saturated heterocycles. The molecule has 9 heavy (non-hydrogen) atoms. The summed E-state index contributed by atoms with van der Waals surface area (Å²) in [5, 5.41) is 33.9. The van der Waals surface area contributed by atoms with Crippen molar-refractivity contribution in [2.45, 2.75) is 18.6 Å². The lowest BCUT2D eigenvalue weighted by molar-refractivity contribution is -0.0238. The fraction of sp³-hybridized carbons (Fsp3) is 1.00. The van der Waals surface area contributed by atoms with Gasteiger partial charge in [-0.15, -0.1) is 0 Å². The highest BCUT2D eigenvalue weighted by molar-refractivity contribution is 4.64. The summed E-state index contributed by atoms with van der Waals surface area (Å²) in [5.74, 6) is 0. The Hall–Kier alpha value is -0.160. The largest absolute Gasteiger partial charge is 0.396 e. The maximum Gasteiger partial charge on any atom is 0.103 e. The average Bonchev–Trinajstić information content (AvgIpc) is 1.87. The van der Waals surface area contributed by atoms with Gasteiger partial charge in [0, 0.05) is 6.61 Å². The minimum absolute atomic E-state index is 0.0989. The van der Waals surface area contributed by atoms with Crippen molar-refractivity contribution in [3.8, 4) is 0 Å². The summed E-state index contributed by atoms with van der Waals surface area (Å²) >= 11 is 0. The minimum atomic E-state index is -1.13. The zero-order valence-electron chi connectivity index (χ0n) is 5.06. The van der Waals surface area contributed by atoms with Crippen molar-refractivity contribution >= 4 is 0 Å². The number of aliphatic hydroxyl groups excluding tert-OH is 4. The van der Waals surface area contributed by atoms with Crippen LogP contribution in [0.25, 0.3) is 0 Å². The van der Waals surface area contributed by atoms with E-state index in [0.29, 0.717) is 0 Å². The van der Waals surface area contributed by atoms with Crippen molar-refractivity contribution in [2.75, 3.05) is 13.2 Å². The molecule has 56 valence electrons. The van der Waals surface area contributed by atoms with E-state index in [0.717, 1.165) is 0 Å². The summed E-state index contributed by atoms with van der Waals surface area (Å²) < 4.78 is 0. The van der Waals surface area contributed by atoms with Crippen LogP contribution < -0.4 is 0 Å². The van der Waals surface area contributed by atoms with Crippen LogP contribution in [0.5, 0.6) is 0 Å². The highest BCUT2D eigenvalue weighted by Gasteiger charge is 2.13. The minimum Gasteiger partial charge on any atom is -0.396 e. The average molecular weight is 136 g/mol. The molecule has 0 bridgehead atoms.